The van der Waals surface area contributed by atoms with Crippen molar-refractivity contribution in [2.75, 3.05) is 0 Å². The fraction of sp³-hybridized carbons (Fsp3) is 0. The van der Waals surface area contributed by atoms with E-state index in [2.05, 4.69) is 72.8 Å². The molecule has 3 aromatic heterocycles. The maximum absolute atomic E-state index is 6.21. The summed E-state index contributed by atoms with van der Waals surface area (Å²) in [5, 5.41) is 3.06. The zero-order valence-electron chi connectivity index (χ0n) is 25.2. The molecule has 0 radical (unpaired) electrons. The molecule has 9 rings (SSSR count). The lowest BCUT2D eigenvalue weighted by Crippen LogP contribution is -2.02. The van der Waals surface area contributed by atoms with Crippen molar-refractivity contribution in [3.05, 3.63) is 158 Å². The number of fused-ring (bicyclic) bond motifs is 4. The van der Waals surface area contributed by atoms with Crippen molar-refractivity contribution < 1.29 is 4.42 Å². The lowest BCUT2D eigenvalue weighted by atomic mass is 9.94. The summed E-state index contributed by atoms with van der Waals surface area (Å²) in [6, 6.07) is 53.4. The molecule has 0 atom stereocenters. The van der Waals surface area contributed by atoms with E-state index >= 15 is 0 Å². The number of rotatable bonds is 5. The predicted octanol–water partition coefficient (Wildman–Crippen LogP) is 10.7. The smallest absolute Gasteiger partial charge is 0.182 e. The summed E-state index contributed by atoms with van der Waals surface area (Å²) >= 11 is 0. The van der Waals surface area contributed by atoms with E-state index in [1.54, 1.807) is 0 Å². The predicted molar refractivity (Wildman–Crippen MR) is 190 cm³/mol. The molecule has 0 amide bonds. The number of hydrogen-bond donors (Lipinski definition) is 0. The number of hydrogen-bond acceptors (Lipinski definition) is 5. The molecule has 0 aliphatic carbocycles. The molecule has 0 saturated heterocycles. The molecule has 0 aliphatic heterocycles. The fourth-order valence-electron chi connectivity index (χ4n) is 6.35. The van der Waals surface area contributed by atoms with Crippen LogP contribution < -0.4 is 0 Å². The van der Waals surface area contributed by atoms with Crippen LogP contribution >= 0.6 is 0 Å². The number of nitrogens with zero attached hydrogens (tertiary/aromatic N) is 4. The van der Waals surface area contributed by atoms with Crippen LogP contribution in [0.5, 0.6) is 0 Å². The fourth-order valence-corrected chi connectivity index (χ4v) is 6.35. The van der Waals surface area contributed by atoms with E-state index in [0.717, 1.165) is 66.2 Å². The SMILES string of the molecule is c1ccc(-c2nc(-c3ccc4c(-c5ccccc5)ccc(-c5ccccc5)c4n3)nc(-c3cccc4oc5ccccc5c34)n2)cc1. The summed E-state index contributed by atoms with van der Waals surface area (Å²) in [5.41, 5.74) is 9.37. The van der Waals surface area contributed by atoms with Crippen LogP contribution in [0.15, 0.2) is 162 Å². The van der Waals surface area contributed by atoms with Crippen LogP contribution in [-0.4, -0.2) is 19.9 Å². The molecule has 0 N–H and O–H groups in total. The Hall–Kier alpha value is -6.46. The van der Waals surface area contributed by atoms with Crippen molar-refractivity contribution >= 4 is 32.8 Å². The Balaban J connectivity index is 1.30. The summed E-state index contributed by atoms with van der Waals surface area (Å²) in [7, 11) is 0. The van der Waals surface area contributed by atoms with Gasteiger partial charge in [0.05, 0.1) is 5.52 Å². The molecule has 47 heavy (non-hydrogen) atoms. The zero-order chi connectivity index (χ0) is 31.2. The molecular formula is C42H26N4O. The highest BCUT2D eigenvalue weighted by atomic mass is 16.3. The van der Waals surface area contributed by atoms with Gasteiger partial charge in [-0.05, 0) is 41.0 Å². The highest BCUT2D eigenvalue weighted by molar-refractivity contribution is 6.11. The van der Waals surface area contributed by atoms with E-state index in [-0.39, 0.29) is 0 Å². The van der Waals surface area contributed by atoms with Crippen molar-refractivity contribution in [2.45, 2.75) is 0 Å². The quantitative estimate of drug-likeness (QED) is 0.196. The summed E-state index contributed by atoms with van der Waals surface area (Å²) in [5.74, 6) is 1.65. The van der Waals surface area contributed by atoms with Crippen LogP contribution in [-0.2, 0) is 0 Å². The van der Waals surface area contributed by atoms with Gasteiger partial charge in [0.2, 0.25) is 0 Å². The second-order valence-corrected chi connectivity index (χ2v) is 11.4. The van der Waals surface area contributed by atoms with E-state index in [1.165, 1.54) is 0 Å². The molecule has 0 fully saturated rings. The summed E-state index contributed by atoms with van der Waals surface area (Å²) in [6.45, 7) is 0. The second-order valence-electron chi connectivity index (χ2n) is 11.4. The summed E-state index contributed by atoms with van der Waals surface area (Å²) in [4.78, 5) is 20.4. The normalized spacial score (nSPS) is 11.4. The van der Waals surface area contributed by atoms with E-state index in [0.29, 0.717) is 23.2 Å². The first-order chi connectivity index (χ1) is 23.3. The molecule has 5 nitrogen and oxygen atoms in total. The van der Waals surface area contributed by atoms with Crippen molar-refractivity contribution in [3.8, 4) is 56.5 Å². The number of furan rings is 1. The van der Waals surface area contributed by atoms with Gasteiger partial charge in [-0.15, -0.1) is 0 Å². The number of aromatic nitrogens is 4. The van der Waals surface area contributed by atoms with Gasteiger partial charge >= 0.3 is 0 Å². The first kappa shape index (κ1) is 26.9. The van der Waals surface area contributed by atoms with Crippen molar-refractivity contribution in [2.24, 2.45) is 0 Å². The number of pyridine rings is 1. The Bertz CT molecular complexity index is 2560. The largest absolute Gasteiger partial charge is 0.456 e. The van der Waals surface area contributed by atoms with Crippen molar-refractivity contribution in [1.29, 1.82) is 0 Å². The topological polar surface area (TPSA) is 64.7 Å². The van der Waals surface area contributed by atoms with Crippen LogP contribution in [0.25, 0.3) is 89.4 Å². The number of benzene rings is 6. The average Bonchev–Trinajstić information content (AvgIpc) is 3.54. The van der Waals surface area contributed by atoms with Crippen molar-refractivity contribution in [3.63, 3.8) is 0 Å². The molecule has 0 spiro atoms. The average molecular weight is 603 g/mol. The molecule has 0 unspecified atom stereocenters. The standard InChI is InChI=1S/C42H26N4O/c1-4-13-27(14-5-1)30-23-24-31(28-15-6-2-7-16-28)39-32(30)25-26-35(43-39)42-45-40(29-17-8-3-9-18-29)44-41(46-42)34-20-12-22-37-38(34)33-19-10-11-21-36(33)47-37/h1-26H. The van der Waals surface area contributed by atoms with Gasteiger partial charge < -0.3 is 4.42 Å². The molecule has 6 aromatic carbocycles. The van der Waals surface area contributed by atoms with Gasteiger partial charge in [0.1, 0.15) is 16.9 Å². The maximum atomic E-state index is 6.21. The molecule has 0 aliphatic rings. The first-order valence-corrected chi connectivity index (χ1v) is 15.6. The number of para-hydroxylation sites is 1. The van der Waals surface area contributed by atoms with Crippen LogP contribution in [0.3, 0.4) is 0 Å². The van der Waals surface area contributed by atoms with E-state index in [1.807, 2.05) is 84.9 Å². The third kappa shape index (κ3) is 4.73. The molecule has 5 heteroatoms. The third-order valence-electron chi connectivity index (χ3n) is 8.57. The lowest BCUT2D eigenvalue weighted by molar-refractivity contribution is 0.669. The van der Waals surface area contributed by atoms with Gasteiger partial charge in [-0.3, -0.25) is 0 Å². The van der Waals surface area contributed by atoms with E-state index in [4.69, 9.17) is 24.4 Å². The van der Waals surface area contributed by atoms with Crippen LogP contribution in [0.4, 0.5) is 0 Å². The Morgan fingerprint density at radius 3 is 1.70 bits per heavy atom. The Morgan fingerprint density at radius 1 is 0.340 bits per heavy atom. The van der Waals surface area contributed by atoms with Gasteiger partial charge in [-0.1, -0.05) is 133 Å². The van der Waals surface area contributed by atoms with Gasteiger partial charge in [0.15, 0.2) is 17.5 Å². The molecule has 220 valence electrons. The minimum atomic E-state index is 0.504. The second kappa shape index (κ2) is 11.2. The van der Waals surface area contributed by atoms with Crippen LogP contribution in [0, 0.1) is 0 Å². The zero-order valence-corrected chi connectivity index (χ0v) is 25.2. The lowest BCUT2D eigenvalue weighted by Gasteiger charge is -2.13. The Labute approximate surface area is 270 Å². The first-order valence-electron chi connectivity index (χ1n) is 15.6. The minimum absolute atomic E-state index is 0.504. The highest BCUT2D eigenvalue weighted by Crippen LogP contribution is 2.38. The van der Waals surface area contributed by atoms with Gasteiger partial charge in [0, 0.05) is 32.8 Å². The van der Waals surface area contributed by atoms with Crippen molar-refractivity contribution in [1.82, 2.24) is 19.9 Å². The summed E-state index contributed by atoms with van der Waals surface area (Å²) in [6.07, 6.45) is 0. The van der Waals surface area contributed by atoms with Gasteiger partial charge in [-0.2, -0.15) is 0 Å². The molecule has 9 aromatic rings. The Kier molecular flexibility index (Phi) is 6.39. The molecule has 0 bridgehead atoms. The van der Waals surface area contributed by atoms with E-state index in [9.17, 15) is 0 Å². The third-order valence-corrected chi connectivity index (χ3v) is 8.57. The minimum Gasteiger partial charge on any atom is -0.456 e. The van der Waals surface area contributed by atoms with Gasteiger partial charge in [0.25, 0.3) is 0 Å². The van der Waals surface area contributed by atoms with Gasteiger partial charge in [-0.25, -0.2) is 19.9 Å². The maximum Gasteiger partial charge on any atom is 0.182 e. The van der Waals surface area contributed by atoms with Crippen LogP contribution in [0.2, 0.25) is 0 Å². The molecule has 3 heterocycles. The Morgan fingerprint density at radius 2 is 0.936 bits per heavy atom. The van der Waals surface area contributed by atoms with E-state index < -0.39 is 0 Å². The summed E-state index contributed by atoms with van der Waals surface area (Å²) < 4.78 is 6.21. The highest BCUT2D eigenvalue weighted by Gasteiger charge is 2.19. The monoisotopic (exact) mass is 602 g/mol. The van der Waals surface area contributed by atoms with Crippen LogP contribution in [0.1, 0.15) is 0 Å². The molecular weight excluding hydrogens is 576 g/mol. The molecule has 0 saturated carbocycles.